The van der Waals surface area contributed by atoms with Gasteiger partial charge in [-0.3, -0.25) is 4.79 Å². The molecule has 3 aromatic rings. The molecule has 14 heteroatoms. The van der Waals surface area contributed by atoms with E-state index in [1.807, 2.05) is 7.05 Å². The van der Waals surface area contributed by atoms with Crippen molar-refractivity contribution in [1.29, 1.82) is 0 Å². The molecule has 1 saturated heterocycles. The van der Waals surface area contributed by atoms with Crippen molar-refractivity contribution in [2.75, 3.05) is 45.1 Å². The zero-order valence-electron chi connectivity index (χ0n) is 21.4. The molecule has 0 aromatic heterocycles. The first kappa shape index (κ1) is 30.7. The number of anilines is 1. The first-order valence-corrected chi connectivity index (χ1v) is 16.2. The van der Waals surface area contributed by atoms with E-state index in [2.05, 4.69) is 10.2 Å². The number of sulfonamides is 2. The van der Waals surface area contributed by atoms with Gasteiger partial charge in [0.2, 0.25) is 26.0 Å². The molecule has 0 saturated carbocycles. The van der Waals surface area contributed by atoms with Gasteiger partial charge in [0.15, 0.2) is 0 Å². The normalized spacial score (nSPS) is 15.3. The third-order valence-electron chi connectivity index (χ3n) is 6.35. The fourth-order valence-corrected chi connectivity index (χ4v) is 7.32. The summed E-state index contributed by atoms with van der Waals surface area (Å²) in [6, 6.07) is 16.1. The van der Waals surface area contributed by atoms with Crippen LogP contribution in [0.2, 0.25) is 15.1 Å². The first-order valence-electron chi connectivity index (χ1n) is 12.1. The zero-order valence-corrected chi connectivity index (χ0v) is 25.3. The minimum atomic E-state index is -4.12. The molecule has 3 aromatic carbocycles. The Morgan fingerprint density at radius 2 is 1.43 bits per heavy atom. The number of halogens is 3. The van der Waals surface area contributed by atoms with E-state index in [4.69, 9.17) is 34.8 Å². The summed E-state index contributed by atoms with van der Waals surface area (Å²) in [6.07, 6.45) is 0. The lowest BCUT2D eigenvalue weighted by molar-refractivity contribution is -0.116. The Balaban J connectivity index is 1.51. The average Bonchev–Trinajstić information content (AvgIpc) is 2.91. The molecule has 0 unspecified atom stereocenters. The summed E-state index contributed by atoms with van der Waals surface area (Å²) < 4.78 is 55.4. The quantitative estimate of drug-likeness (QED) is 0.370. The van der Waals surface area contributed by atoms with Crippen molar-refractivity contribution in [1.82, 2.24) is 13.5 Å². The maximum Gasteiger partial charge on any atom is 0.243 e. The Morgan fingerprint density at radius 1 is 0.825 bits per heavy atom. The molecule has 0 atom stereocenters. The van der Waals surface area contributed by atoms with Gasteiger partial charge in [-0.05, 0) is 73.3 Å². The van der Waals surface area contributed by atoms with Gasteiger partial charge < -0.3 is 10.2 Å². The highest BCUT2D eigenvalue weighted by Crippen LogP contribution is 2.26. The molecule has 1 fully saturated rings. The van der Waals surface area contributed by atoms with Gasteiger partial charge in [0.05, 0.1) is 26.4 Å². The Morgan fingerprint density at radius 3 is 2.02 bits per heavy atom. The fraction of sp³-hybridized carbons (Fsp3) is 0.269. The van der Waals surface area contributed by atoms with Crippen molar-refractivity contribution in [3.8, 4) is 0 Å². The third kappa shape index (κ3) is 7.34. The summed E-state index contributed by atoms with van der Waals surface area (Å²) in [5, 5.41) is 3.58. The van der Waals surface area contributed by atoms with Gasteiger partial charge in [-0.1, -0.05) is 40.9 Å². The molecule has 4 rings (SSSR count). The smallest absolute Gasteiger partial charge is 0.243 e. The SMILES string of the molecule is CN1CCN(S(=O)(=O)c2ccc(NC(=O)CN(Cc3ccc(Cl)c(Cl)c3)S(=O)(=O)c3ccc(Cl)cc3)cc2)CC1. The van der Waals surface area contributed by atoms with Crippen molar-refractivity contribution in [3.63, 3.8) is 0 Å². The van der Waals surface area contributed by atoms with Crippen molar-refractivity contribution in [2.24, 2.45) is 0 Å². The molecule has 1 aliphatic rings. The number of hydrogen-bond donors (Lipinski definition) is 1. The van der Waals surface area contributed by atoms with Gasteiger partial charge in [-0.2, -0.15) is 8.61 Å². The second-order valence-corrected chi connectivity index (χ2v) is 14.4. The highest BCUT2D eigenvalue weighted by atomic mass is 35.5. The maximum atomic E-state index is 13.5. The fourth-order valence-electron chi connectivity index (χ4n) is 4.07. The number of nitrogens with one attached hydrogen (secondary N) is 1. The number of benzene rings is 3. The Bertz CT molecular complexity index is 1580. The van der Waals surface area contributed by atoms with Crippen LogP contribution in [-0.2, 0) is 31.4 Å². The third-order valence-corrected chi connectivity index (χ3v) is 11.1. The highest BCUT2D eigenvalue weighted by Gasteiger charge is 2.29. The molecule has 1 amide bonds. The monoisotopic (exact) mass is 644 g/mol. The summed E-state index contributed by atoms with van der Waals surface area (Å²) in [7, 11) is -5.85. The maximum absolute atomic E-state index is 13.5. The van der Waals surface area contributed by atoms with E-state index in [-0.39, 0.29) is 21.4 Å². The van der Waals surface area contributed by atoms with E-state index in [0.29, 0.717) is 47.5 Å². The summed E-state index contributed by atoms with van der Waals surface area (Å²) in [5.74, 6) is -0.618. The predicted molar refractivity (Wildman–Crippen MR) is 157 cm³/mol. The van der Waals surface area contributed by atoms with Gasteiger partial charge in [0.25, 0.3) is 0 Å². The van der Waals surface area contributed by atoms with Crippen LogP contribution in [0.15, 0.2) is 76.5 Å². The van der Waals surface area contributed by atoms with Crippen LogP contribution in [-0.4, -0.2) is 76.0 Å². The van der Waals surface area contributed by atoms with Crippen molar-refractivity contribution in [2.45, 2.75) is 16.3 Å². The second kappa shape index (κ2) is 12.7. The van der Waals surface area contributed by atoms with Crippen LogP contribution in [0.4, 0.5) is 5.69 Å². The molecule has 40 heavy (non-hydrogen) atoms. The lowest BCUT2D eigenvalue weighted by Crippen LogP contribution is -2.46. The molecule has 9 nitrogen and oxygen atoms in total. The molecule has 0 aliphatic carbocycles. The number of amides is 1. The first-order chi connectivity index (χ1) is 18.9. The summed E-state index contributed by atoms with van der Waals surface area (Å²) >= 11 is 18.0. The van der Waals surface area contributed by atoms with Crippen LogP contribution >= 0.6 is 34.8 Å². The standard InChI is InChI=1S/C26H27Cl3N4O5S2/c1-31-12-14-32(15-13-31)39(35,36)23-9-5-21(6-10-23)30-26(34)18-33(17-19-2-11-24(28)25(29)16-19)40(37,38)22-7-3-20(27)4-8-22/h2-11,16H,12-15,17-18H2,1H3,(H,30,34). The van der Waals surface area contributed by atoms with E-state index in [9.17, 15) is 21.6 Å². The van der Waals surface area contributed by atoms with Crippen LogP contribution < -0.4 is 5.32 Å². The number of nitrogens with zero attached hydrogens (tertiary/aromatic N) is 3. The molecule has 0 bridgehead atoms. The summed E-state index contributed by atoms with van der Waals surface area (Å²) in [6.45, 7) is 1.40. The molecule has 0 spiro atoms. The lowest BCUT2D eigenvalue weighted by Gasteiger charge is -2.31. The number of hydrogen-bond acceptors (Lipinski definition) is 6. The van der Waals surface area contributed by atoms with E-state index in [0.717, 1.165) is 4.31 Å². The predicted octanol–water partition coefficient (Wildman–Crippen LogP) is 4.41. The minimum Gasteiger partial charge on any atom is -0.325 e. The van der Waals surface area contributed by atoms with Crippen molar-refractivity contribution >= 4 is 66.4 Å². The molecule has 1 N–H and O–H groups in total. The van der Waals surface area contributed by atoms with Gasteiger partial charge in [0.1, 0.15) is 0 Å². The summed E-state index contributed by atoms with van der Waals surface area (Å²) in [5.41, 5.74) is 0.846. The van der Waals surface area contributed by atoms with Crippen LogP contribution in [0.1, 0.15) is 5.56 Å². The number of rotatable bonds is 9. The van der Waals surface area contributed by atoms with Crippen LogP contribution in [0.3, 0.4) is 0 Å². The molecule has 0 radical (unpaired) electrons. The zero-order chi connectivity index (χ0) is 29.1. The number of likely N-dealkylation sites (N-methyl/N-ethyl adjacent to an activating group) is 1. The van der Waals surface area contributed by atoms with Gasteiger partial charge in [-0.25, -0.2) is 16.8 Å². The van der Waals surface area contributed by atoms with E-state index >= 15 is 0 Å². The Kier molecular flexibility index (Phi) is 9.79. The highest BCUT2D eigenvalue weighted by molar-refractivity contribution is 7.89. The second-order valence-electron chi connectivity index (χ2n) is 9.26. The van der Waals surface area contributed by atoms with Crippen LogP contribution in [0, 0.1) is 0 Å². The number of carbonyl (C=O) groups is 1. The Hall–Kier alpha value is -2.22. The topological polar surface area (TPSA) is 107 Å². The van der Waals surface area contributed by atoms with Crippen molar-refractivity contribution in [3.05, 3.63) is 87.4 Å². The Labute approximate surface area is 249 Å². The van der Waals surface area contributed by atoms with E-state index in [1.165, 1.54) is 58.9 Å². The largest absolute Gasteiger partial charge is 0.325 e. The summed E-state index contributed by atoms with van der Waals surface area (Å²) in [4.78, 5) is 15.1. The van der Waals surface area contributed by atoms with E-state index < -0.39 is 32.5 Å². The molecule has 214 valence electrons. The lowest BCUT2D eigenvalue weighted by atomic mass is 10.2. The van der Waals surface area contributed by atoms with E-state index in [1.54, 1.807) is 12.1 Å². The number of piperazine rings is 1. The van der Waals surface area contributed by atoms with Crippen molar-refractivity contribution < 1.29 is 21.6 Å². The van der Waals surface area contributed by atoms with Gasteiger partial charge in [0, 0.05) is 43.4 Å². The minimum absolute atomic E-state index is 0.0387. The van der Waals surface area contributed by atoms with Crippen LogP contribution in [0.5, 0.6) is 0 Å². The average molecular weight is 646 g/mol. The van der Waals surface area contributed by atoms with Gasteiger partial charge in [-0.15, -0.1) is 0 Å². The molecule has 1 aliphatic heterocycles. The molecular weight excluding hydrogens is 619 g/mol. The molecular formula is C26H27Cl3N4O5S2. The molecule has 1 heterocycles. The van der Waals surface area contributed by atoms with Gasteiger partial charge >= 0.3 is 0 Å². The number of carbonyl (C=O) groups excluding carboxylic acids is 1. The van der Waals surface area contributed by atoms with Crippen LogP contribution in [0.25, 0.3) is 0 Å².